The van der Waals surface area contributed by atoms with E-state index in [0.717, 1.165) is 36.4 Å². The maximum atomic E-state index is 12.1. The number of benzene rings is 1. The maximum Gasteiger partial charge on any atom is 0.265 e. The number of ether oxygens (including phenoxy) is 1. The highest BCUT2D eigenvalue weighted by atomic mass is 16.5. The van der Waals surface area contributed by atoms with Gasteiger partial charge in [0, 0.05) is 12.6 Å². The lowest BCUT2D eigenvalue weighted by atomic mass is 10.0. The summed E-state index contributed by atoms with van der Waals surface area (Å²) < 4.78 is 5.52. The second-order valence-electron chi connectivity index (χ2n) is 5.78. The summed E-state index contributed by atoms with van der Waals surface area (Å²) in [5, 5.41) is 0. The molecule has 1 unspecified atom stereocenters. The summed E-state index contributed by atoms with van der Waals surface area (Å²) >= 11 is 0. The van der Waals surface area contributed by atoms with Crippen molar-refractivity contribution in [3.8, 4) is 5.75 Å². The lowest BCUT2D eigenvalue weighted by molar-refractivity contribution is -0.121. The Kier molecular flexibility index (Phi) is 3.66. The van der Waals surface area contributed by atoms with Crippen molar-refractivity contribution < 1.29 is 9.53 Å². The molecule has 20 heavy (non-hydrogen) atoms. The van der Waals surface area contributed by atoms with Gasteiger partial charge in [0.2, 0.25) is 0 Å². The Hall–Kier alpha value is -1.55. The molecule has 1 aromatic rings. The maximum absolute atomic E-state index is 12.1. The van der Waals surface area contributed by atoms with Gasteiger partial charge in [0.1, 0.15) is 5.75 Å². The second kappa shape index (κ2) is 5.44. The van der Waals surface area contributed by atoms with Gasteiger partial charge in [-0.1, -0.05) is 19.4 Å². The highest BCUT2D eigenvalue weighted by Crippen LogP contribution is 2.42. The van der Waals surface area contributed by atoms with Crippen molar-refractivity contribution in [2.24, 2.45) is 11.7 Å². The van der Waals surface area contributed by atoms with E-state index in [2.05, 4.69) is 6.92 Å². The first kappa shape index (κ1) is 13.4. The predicted molar refractivity (Wildman–Crippen MR) is 78.9 cm³/mol. The van der Waals surface area contributed by atoms with E-state index in [4.69, 9.17) is 10.5 Å². The summed E-state index contributed by atoms with van der Waals surface area (Å²) in [6.07, 6.45) is 4.51. The van der Waals surface area contributed by atoms with Crippen LogP contribution in [0.25, 0.3) is 0 Å². The highest BCUT2D eigenvalue weighted by molar-refractivity contribution is 5.97. The van der Waals surface area contributed by atoms with E-state index in [1.807, 2.05) is 23.1 Å². The van der Waals surface area contributed by atoms with E-state index in [-0.39, 0.29) is 18.6 Å². The molecular weight excluding hydrogens is 252 g/mol. The molecule has 1 aromatic carbocycles. The van der Waals surface area contributed by atoms with E-state index >= 15 is 0 Å². The van der Waals surface area contributed by atoms with Crippen LogP contribution in [0.15, 0.2) is 18.2 Å². The third-order valence-corrected chi connectivity index (χ3v) is 4.18. The van der Waals surface area contributed by atoms with Crippen molar-refractivity contribution in [2.75, 3.05) is 18.1 Å². The Morgan fingerprint density at radius 1 is 1.45 bits per heavy atom. The summed E-state index contributed by atoms with van der Waals surface area (Å²) in [5.41, 5.74) is 8.28. The molecule has 2 N–H and O–H groups in total. The Labute approximate surface area is 119 Å². The van der Waals surface area contributed by atoms with Gasteiger partial charge in [0.25, 0.3) is 5.91 Å². The SMILES string of the molecule is CCCCN1C(=O)COc2ccc(C(N)C3CC3)cc21. The Morgan fingerprint density at radius 3 is 2.95 bits per heavy atom. The Balaban J connectivity index is 1.89. The largest absolute Gasteiger partial charge is 0.482 e. The van der Waals surface area contributed by atoms with Crippen LogP contribution in [-0.4, -0.2) is 19.1 Å². The molecule has 1 saturated carbocycles. The van der Waals surface area contributed by atoms with E-state index in [1.54, 1.807) is 0 Å². The molecule has 1 heterocycles. The van der Waals surface area contributed by atoms with Gasteiger partial charge in [-0.15, -0.1) is 0 Å². The Morgan fingerprint density at radius 2 is 2.25 bits per heavy atom. The molecule has 1 aliphatic carbocycles. The first-order valence-electron chi connectivity index (χ1n) is 7.53. The zero-order chi connectivity index (χ0) is 14.1. The van der Waals surface area contributed by atoms with E-state index in [0.29, 0.717) is 5.92 Å². The van der Waals surface area contributed by atoms with Crippen LogP contribution in [0.4, 0.5) is 5.69 Å². The van der Waals surface area contributed by atoms with Gasteiger partial charge in [-0.25, -0.2) is 0 Å². The number of hydrogen-bond donors (Lipinski definition) is 1. The third-order valence-electron chi connectivity index (χ3n) is 4.18. The fourth-order valence-electron chi connectivity index (χ4n) is 2.72. The second-order valence-corrected chi connectivity index (χ2v) is 5.78. The number of hydrogen-bond acceptors (Lipinski definition) is 3. The molecule has 1 aliphatic heterocycles. The van der Waals surface area contributed by atoms with Gasteiger partial charge in [0.05, 0.1) is 5.69 Å². The average molecular weight is 274 g/mol. The van der Waals surface area contributed by atoms with Crippen LogP contribution >= 0.6 is 0 Å². The van der Waals surface area contributed by atoms with Crippen molar-refractivity contribution in [1.29, 1.82) is 0 Å². The van der Waals surface area contributed by atoms with Crippen LogP contribution in [0, 0.1) is 5.92 Å². The van der Waals surface area contributed by atoms with Crippen molar-refractivity contribution in [3.05, 3.63) is 23.8 Å². The van der Waals surface area contributed by atoms with Gasteiger partial charge < -0.3 is 15.4 Å². The molecule has 3 rings (SSSR count). The number of unbranched alkanes of at least 4 members (excludes halogenated alkanes) is 1. The number of anilines is 1. The van der Waals surface area contributed by atoms with Crippen molar-refractivity contribution in [3.63, 3.8) is 0 Å². The topological polar surface area (TPSA) is 55.6 Å². The van der Waals surface area contributed by atoms with E-state index in [1.165, 1.54) is 12.8 Å². The fourth-order valence-corrected chi connectivity index (χ4v) is 2.72. The smallest absolute Gasteiger partial charge is 0.265 e. The molecule has 1 fully saturated rings. The van der Waals surface area contributed by atoms with Crippen LogP contribution in [0.1, 0.15) is 44.2 Å². The number of carbonyl (C=O) groups excluding carboxylic acids is 1. The lowest BCUT2D eigenvalue weighted by Crippen LogP contribution is -2.39. The predicted octanol–water partition coefficient (Wildman–Crippen LogP) is 2.62. The molecule has 0 bridgehead atoms. The molecule has 0 radical (unpaired) electrons. The molecule has 1 atom stereocenters. The zero-order valence-corrected chi connectivity index (χ0v) is 12.0. The van der Waals surface area contributed by atoms with Gasteiger partial charge in [-0.2, -0.15) is 0 Å². The summed E-state index contributed by atoms with van der Waals surface area (Å²) in [4.78, 5) is 13.9. The molecule has 0 spiro atoms. The quantitative estimate of drug-likeness (QED) is 0.898. The number of nitrogens with two attached hydrogens (primary N) is 1. The van der Waals surface area contributed by atoms with E-state index in [9.17, 15) is 4.79 Å². The molecule has 0 aromatic heterocycles. The number of amides is 1. The highest BCUT2D eigenvalue weighted by Gasteiger charge is 2.31. The molecule has 1 amide bonds. The van der Waals surface area contributed by atoms with Crippen LogP contribution in [0.2, 0.25) is 0 Å². The summed E-state index contributed by atoms with van der Waals surface area (Å²) in [7, 11) is 0. The fraction of sp³-hybridized carbons (Fsp3) is 0.562. The van der Waals surface area contributed by atoms with Gasteiger partial charge >= 0.3 is 0 Å². The van der Waals surface area contributed by atoms with Crippen LogP contribution in [-0.2, 0) is 4.79 Å². The van der Waals surface area contributed by atoms with Gasteiger partial charge in [-0.3, -0.25) is 4.79 Å². The first-order valence-corrected chi connectivity index (χ1v) is 7.53. The molecule has 108 valence electrons. The van der Waals surface area contributed by atoms with Gasteiger partial charge in [0.15, 0.2) is 6.61 Å². The van der Waals surface area contributed by atoms with Crippen LogP contribution in [0.5, 0.6) is 5.75 Å². The molecule has 4 heteroatoms. The number of carbonyl (C=O) groups is 1. The summed E-state index contributed by atoms with van der Waals surface area (Å²) in [5.74, 6) is 1.45. The zero-order valence-electron chi connectivity index (χ0n) is 12.0. The molecule has 2 aliphatic rings. The molecule has 0 saturated heterocycles. The number of fused-ring (bicyclic) bond motifs is 1. The van der Waals surface area contributed by atoms with Gasteiger partial charge in [-0.05, 0) is 42.9 Å². The van der Waals surface area contributed by atoms with Crippen molar-refractivity contribution in [1.82, 2.24) is 0 Å². The summed E-state index contributed by atoms with van der Waals surface area (Å²) in [6, 6.07) is 6.13. The number of rotatable bonds is 5. The molecular formula is C16H22N2O2. The van der Waals surface area contributed by atoms with Crippen LogP contribution < -0.4 is 15.4 Å². The first-order chi connectivity index (χ1) is 9.70. The van der Waals surface area contributed by atoms with Crippen molar-refractivity contribution in [2.45, 2.75) is 38.6 Å². The Bertz CT molecular complexity index is 511. The lowest BCUT2D eigenvalue weighted by Gasteiger charge is -2.30. The molecule has 4 nitrogen and oxygen atoms in total. The van der Waals surface area contributed by atoms with E-state index < -0.39 is 0 Å². The van der Waals surface area contributed by atoms with Crippen molar-refractivity contribution >= 4 is 11.6 Å². The average Bonchev–Trinajstić information content (AvgIpc) is 3.29. The monoisotopic (exact) mass is 274 g/mol. The minimum Gasteiger partial charge on any atom is -0.482 e. The summed E-state index contributed by atoms with van der Waals surface area (Å²) in [6.45, 7) is 3.03. The third kappa shape index (κ3) is 2.52. The minimum absolute atomic E-state index is 0.0445. The minimum atomic E-state index is 0.0445. The normalized spacial score (nSPS) is 19.5. The van der Waals surface area contributed by atoms with Crippen LogP contribution in [0.3, 0.4) is 0 Å². The standard InChI is InChI=1S/C16H22N2O2/c1-2-3-8-18-13-9-12(16(17)11-4-5-11)6-7-14(13)20-10-15(18)19/h6-7,9,11,16H,2-5,8,10,17H2,1H3. The number of nitrogens with zero attached hydrogens (tertiary/aromatic N) is 1.